The highest BCUT2D eigenvalue weighted by Crippen LogP contribution is 2.26. The average molecular weight is 283 g/mol. The molecule has 21 heavy (non-hydrogen) atoms. The van der Waals surface area contributed by atoms with E-state index in [-0.39, 0.29) is 5.82 Å². The molecule has 0 aliphatic heterocycles. The van der Waals surface area contributed by atoms with Crippen molar-refractivity contribution in [2.75, 3.05) is 19.0 Å². The lowest BCUT2D eigenvalue weighted by atomic mass is 10.2. The Morgan fingerprint density at radius 1 is 0.905 bits per heavy atom. The minimum absolute atomic E-state index is 0.294. The minimum atomic E-state index is -0.294. The summed E-state index contributed by atoms with van der Waals surface area (Å²) in [7, 11) is 3.94. The Morgan fingerprint density at radius 2 is 1.57 bits per heavy atom. The summed E-state index contributed by atoms with van der Waals surface area (Å²) in [6, 6.07) is 13.8. The molecule has 0 saturated heterocycles. The van der Waals surface area contributed by atoms with E-state index in [0.717, 1.165) is 11.3 Å². The third-order valence-corrected chi connectivity index (χ3v) is 3.13. The van der Waals surface area contributed by atoms with Crippen molar-refractivity contribution in [1.29, 1.82) is 0 Å². The van der Waals surface area contributed by atoms with Crippen LogP contribution in [0.5, 0.6) is 0 Å². The number of anilines is 1. The monoisotopic (exact) mass is 283 g/mol. The molecule has 0 bridgehead atoms. The quantitative estimate of drug-likeness (QED) is 0.736. The molecule has 0 saturated carbocycles. The smallest absolute Gasteiger partial charge is 0.248 e. The van der Waals surface area contributed by atoms with Crippen LogP contribution in [-0.4, -0.2) is 24.3 Å². The van der Waals surface area contributed by atoms with Gasteiger partial charge in [0.15, 0.2) is 0 Å². The molecule has 0 spiro atoms. The molecule has 3 rings (SSSR count). The molecule has 2 aromatic carbocycles. The summed E-state index contributed by atoms with van der Waals surface area (Å²) in [5.41, 5.74) is 2.59. The van der Waals surface area contributed by atoms with Gasteiger partial charge < -0.3 is 9.32 Å². The Balaban J connectivity index is 1.94. The van der Waals surface area contributed by atoms with Gasteiger partial charge in [-0.05, 0) is 42.5 Å². The van der Waals surface area contributed by atoms with Crippen LogP contribution in [0.1, 0.15) is 0 Å². The van der Waals surface area contributed by atoms with Gasteiger partial charge in [-0.15, -0.1) is 10.2 Å². The van der Waals surface area contributed by atoms with E-state index >= 15 is 0 Å². The predicted octanol–water partition coefficient (Wildman–Crippen LogP) is 3.61. The van der Waals surface area contributed by atoms with Gasteiger partial charge in [-0.3, -0.25) is 0 Å². The second-order valence-electron chi connectivity index (χ2n) is 4.86. The molecule has 1 aromatic heterocycles. The predicted molar refractivity (Wildman–Crippen MR) is 79.5 cm³/mol. The normalized spacial score (nSPS) is 10.6. The van der Waals surface area contributed by atoms with E-state index in [1.807, 2.05) is 43.3 Å². The van der Waals surface area contributed by atoms with Gasteiger partial charge in [0.25, 0.3) is 0 Å². The molecule has 1 heterocycles. The number of benzene rings is 2. The molecule has 0 radical (unpaired) electrons. The summed E-state index contributed by atoms with van der Waals surface area (Å²) >= 11 is 0. The zero-order valence-electron chi connectivity index (χ0n) is 11.7. The molecule has 0 N–H and O–H groups in total. The summed E-state index contributed by atoms with van der Waals surface area (Å²) in [5.74, 6) is 0.524. The molecule has 0 fully saturated rings. The van der Waals surface area contributed by atoms with Crippen LogP contribution < -0.4 is 4.90 Å². The Kier molecular flexibility index (Phi) is 3.39. The highest BCUT2D eigenvalue weighted by molar-refractivity contribution is 5.63. The Labute approximate surface area is 121 Å². The summed E-state index contributed by atoms with van der Waals surface area (Å²) in [6.45, 7) is 0. The lowest BCUT2D eigenvalue weighted by molar-refractivity contribution is 0.584. The van der Waals surface area contributed by atoms with Crippen molar-refractivity contribution in [3.63, 3.8) is 0 Å². The summed E-state index contributed by atoms with van der Waals surface area (Å²) < 4.78 is 18.6. The zero-order chi connectivity index (χ0) is 14.8. The van der Waals surface area contributed by atoms with E-state index in [2.05, 4.69) is 10.2 Å². The fraction of sp³-hybridized carbons (Fsp3) is 0.125. The first kappa shape index (κ1) is 13.3. The third-order valence-electron chi connectivity index (χ3n) is 3.13. The fourth-order valence-corrected chi connectivity index (χ4v) is 1.97. The van der Waals surface area contributed by atoms with Crippen LogP contribution in [0.4, 0.5) is 10.1 Å². The number of nitrogens with zero attached hydrogens (tertiary/aromatic N) is 3. The van der Waals surface area contributed by atoms with Crippen LogP contribution in [0.15, 0.2) is 52.9 Å². The van der Waals surface area contributed by atoms with Crippen molar-refractivity contribution >= 4 is 5.69 Å². The Morgan fingerprint density at radius 3 is 2.24 bits per heavy atom. The maximum atomic E-state index is 12.9. The molecule has 0 aliphatic carbocycles. The van der Waals surface area contributed by atoms with Crippen molar-refractivity contribution in [2.24, 2.45) is 0 Å². The summed E-state index contributed by atoms with van der Waals surface area (Å²) in [4.78, 5) is 2.00. The number of rotatable bonds is 3. The summed E-state index contributed by atoms with van der Waals surface area (Å²) in [6.07, 6.45) is 0. The van der Waals surface area contributed by atoms with Gasteiger partial charge in [0, 0.05) is 30.9 Å². The van der Waals surface area contributed by atoms with Crippen molar-refractivity contribution < 1.29 is 8.81 Å². The van der Waals surface area contributed by atoms with Gasteiger partial charge in [-0.25, -0.2) is 4.39 Å². The maximum Gasteiger partial charge on any atom is 0.248 e. The van der Waals surface area contributed by atoms with Crippen LogP contribution in [0.2, 0.25) is 0 Å². The minimum Gasteiger partial charge on any atom is -0.416 e. The topological polar surface area (TPSA) is 42.2 Å². The standard InChI is InChI=1S/C16H14FN3O/c1-20(2)14-5-3-4-12(10-14)16-19-18-15(21-16)11-6-8-13(17)9-7-11/h3-10H,1-2H3. The van der Waals surface area contributed by atoms with E-state index in [9.17, 15) is 4.39 Å². The van der Waals surface area contributed by atoms with E-state index in [4.69, 9.17) is 4.42 Å². The molecular weight excluding hydrogens is 269 g/mol. The van der Waals surface area contributed by atoms with Crippen LogP contribution in [-0.2, 0) is 0 Å². The van der Waals surface area contributed by atoms with E-state index in [0.29, 0.717) is 17.3 Å². The zero-order valence-corrected chi connectivity index (χ0v) is 11.7. The van der Waals surface area contributed by atoms with Crippen LogP contribution in [0.25, 0.3) is 22.9 Å². The van der Waals surface area contributed by atoms with Gasteiger partial charge in [0.2, 0.25) is 11.8 Å². The van der Waals surface area contributed by atoms with Crippen LogP contribution in [0.3, 0.4) is 0 Å². The van der Waals surface area contributed by atoms with Gasteiger partial charge in [0.1, 0.15) is 5.82 Å². The number of hydrogen-bond acceptors (Lipinski definition) is 4. The van der Waals surface area contributed by atoms with Gasteiger partial charge >= 0.3 is 0 Å². The molecule has 0 aliphatic rings. The first-order valence-electron chi connectivity index (χ1n) is 6.51. The average Bonchev–Trinajstić information content (AvgIpc) is 2.98. The van der Waals surface area contributed by atoms with Crippen molar-refractivity contribution in [3.8, 4) is 22.9 Å². The number of aromatic nitrogens is 2. The third kappa shape index (κ3) is 2.76. The van der Waals surface area contributed by atoms with Crippen molar-refractivity contribution in [2.45, 2.75) is 0 Å². The first-order valence-corrected chi connectivity index (χ1v) is 6.51. The SMILES string of the molecule is CN(C)c1cccc(-c2nnc(-c3ccc(F)cc3)o2)c1. The Bertz CT molecular complexity index is 750. The molecule has 3 aromatic rings. The van der Waals surface area contributed by atoms with Crippen LogP contribution in [0, 0.1) is 5.82 Å². The van der Waals surface area contributed by atoms with E-state index in [1.165, 1.54) is 12.1 Å². The number of hydrogen-bond donors (Lipinski definition) is 0. The van der Waals surface area contributed by atoms with Gasteiger partial charge in [-0.2, -0.15) is 0 Å². The molecule has 0 unspecified atom stereocenters. The second kappa shape index (κ2) is 5.36. The molecule has 0 amide bonds. The van der Waals surface area contributed by atoms with E-state index in [1.54, 1.807) is 12.1 Å². The van der Waals surface area contributed by atoms with Gasteiger partial charge in [-0.1, -0.05) is 6.07 Å². The lowest BCUT2D eigenvalue weighted by Gasteiger charge is -2.12. The Hall–Kier alpha value is -2.69. The highest BCUT2D eigenvalue weighted by Gasteiger charge is 2.11. The highest BCUT2D eigenvalue weighted by atomic mass is 19.1. The molecule has 4 nitrogen and oxygen atoms in total. The van der Waals surface area contributed by atoms with Crippen molar-refractivity contribution in [3.05, 3.63) is 54.3 Å². The molecular formula is C16H14FN3O. The van der Waals surface area contributed by atoms with Crippen molar-refractivity contribution in [1.82, 2.24) is 10.2 Å². The maximum absolute atomic E-state index is 12.9. The molecule has 0 atom stereocenters. The van der Waals surface area contributed by atoms with Gasteiger partial charge in [0.05, 0.1) is 0 Å². The molecule has 5 heteroatoms. The fourth-order valence-electron chi connectivity index (χ4n) is 1.97. The van der Waals surface area contributed by atoms with E-state index < -0.39 is 0 Å². The summed E-state index contributed by atoms with van der Waals surface area (Å²) in [5, 5.41) is 8.07. The molecule has 106 valence electrons. The lowest BCUT2D eigenvalue weighted by Crippen LogP contribution is -2.08. The second-order valence-corrected chi connectivity index (χ2v) is 4.86. The number of halogens is 1. The largest absolute Gasteiger partial charge is 0.416 e. The first-order chi connectivity index (χ1) is 10.1. The van der Waals surface area contributed by atoms with Crippen LogP contribution >= 0.6 is 0 Å².